The molecule has 0 atom stereocenters. The number of nitrogens with one attached hydrogen (secondary N) is 1. The minimum Gasteiger partial charge on any atom is -0.493 e. The molecule has 10 nitrogen and oxygen atoms in total. The van der Waals surface area contributed by atoms with Crippen LogP contribution in [-0.2, 0) is 17.8 Å². The summed E-state index contributed by atoms with van der Waals surface area (Å²) >= 11 is 7.18. The summed E-state index contributed by atoms with van der Waals surface area (Å²) in [6, 6.07) is 15.8. The van der Waals surface area contributed by atoms with E-state index in [1.54, 1.807) is 55.2 Å². The molecule has 0 unspecified atom stereocenters. The number of benzene rings is 3. The fraction of sp³-hybridized carbons (Fsp3) is 0.333. The van der Waals surface area contributed by atoms with Crippen molar-refractivity contribution in [3.63, 3.8) is 0 Å². The Labute approximate surface area is 270 Å². The molecule has 0 saturated heterocycles. The van der Waals surface area contributed by atoms with Crippen LogP contribution in [0.1, 0.15) is 41.6 Å². The quantitative estimate of drug-likeness (QED) is 0.0748. The van der Waals surface area contributed by atoms with E-state index in [4.69, 9.17) is 35.5 Å². The number of thioether (sulfide) groups is 1. The third-order valence-electron chi connectivity index (χ3n) is 7.38. The zero-order chi connectivity index (χ0) is 31.8. The number of rotatable bonds is 15. The van der Waals surface area contributed by atoms with Gasteiger partial charge < -0.3 is 24.3 Å². The summed E-state index contributed by atoms with van der Waals surface area (Å²) in [5.41, 5.74) is 1.83. The van der Waals surface area contributed by atoms with Crippen LogP contribution >= 0.6 is 23.4 Å². The Morgan fingerprint density at radius 2 is 1.73 bits per heavy atom. The van der Waals surface area contributed by atoms with E-state index in [2.05, 4.69) is 5.32 Å². The van der Waals surface area contributed by atoms with Gasteiger partial charge in [0.2, 0.25) is 12.7 Å². The fourth-order valence-corrected chi connectivity index (χ4v) is 6.00. The third kappa shape index (κ3) is 8.09. The van der Waals surface area contributed by atoms with E-state index in [1.807, 2.05) is 18.2 Å². The second kappa shape index (κ2) is 15.2. The number of carbonyl (C=O) groups excluding carboxylic acids is 2. The molecule has 5 rings (SSSR count). The molecule has 0 saturated carbocycles. The summed E-state index contributed by atoms with van der Waals surface area (Å²) in [6.45, 7) is 0.996. The van der Waals surface area contributed by atoms with Crippen LogP contribution < -0.4 is 29.8 Å². The van der Waals surface area contributed by atoms with Crippen LogP contribution in [0.2, 0.25) is 5.02 Å². The third-order valence-corrected chi connectivity index (χ3v) is 8.61. The van der Waals surface area contributed by atoms with Crippen LogP contribution in [0.25, 0.3) is 10.9 Å². The van der Waals surface area contributed by atoms with E-state index in [-0.39, 0.29) is 29.8 Å². The molecule has 236 valence electrons. The van der Waals surface area contributed by atoms with E-state index in [0.717, 1.165) is 12.0 Å². The highest BCUT2D eigenvalue weighted by Gasteiger charge is 2.20. The Morgan fingerprint density at radius 1 is 0.978 bits per heavy atom. The highest BCUT2D eigenvalue weighted by molar-refractivity contribution is 7.99. The maximum atomic E-state index is 13.6. The molecule has 12 heteroatoms. The van der Waals surface area contributed by atoms with E-state index < -0.39 is 0 Å². The Kier molecular flexibility index (Phi) is 10.9. The van der Waals surface area contributed by atoms with Crippen molar-refractivity contribution in [2.45, 2.75) is 43.8 Å². The van der Waals surface area contributed by atoms with Gasteiger partial charge in [0.1, 0.15) is 0 Å². The van der Waals surface area contributed by atoms with Gasteiger partial charge in [0.25, 0.3) is 5.56 Å². The van der Waals surface area contributed by atoms with Crippen molar-refractivity contribution in [3.8, 4) is 23.0 Å². The second-order valence-corrected chi connectivity index (χ2v) is 11.8. The second-order valence-electron chi connectivity index (χ2n) is 10.4. The molecule has 0 fully saturated rings. The number of halogens is 1. The molecule has 2 heterocycles. The number of hydrogen-bond donors (Lipinski definition) is 1. The molecule has 3 aromatic carbocycles. The van der Waals surface area contributed by atoms with E-state index in [0.29, 0.717) is 88.4 Å². The smallest absolute Gasteiger partial charge is 0.262 e. The highest BCUT2D eigenvalue weighted by atomic mass is 35.5. The number of fused-ring (bicyclic) bond motifs is 2. The van der Waals surface area contributed by atoms with Crippen LogP contribution in [0.5, 0.6) is 23.0 Å². The normalized spacial score (nSPS) is 11.9. The number of ether oxygens (including phenoxy) is 4. The Morgan fingerprint density at radius 3 is 2.49 bits per heavy atom. The SMILES string of the molecule is COc1ccc(CCNC(=O)CCCCCn2c(SCC(=O)c3ccc(Cl)cc3)nc3cc4c(cc3c2=O)OCO4)cc1OC. The number of carbonyl (C=O) groups is 2. The first-order valence-corrected chi connectivity index (χ1v) is 16.0. The molecule has 0 bridgehead atoms. The molecular formula is C33H34ClN3O7S. The number of hydrogen-bond acceptors (Lipinski definition) is 9. The number of unbranched alkanes of at least 4 members (excludes halogenated alkanes) is 2. The minimum absolute atomic E-state index is 0.0203. The van der Waals surface area contributed by atoms with E-state index in [9.17, 15) is 14.4 Å². The lowest BCUT2D eigenvalue weighted by molar-refractivity contribution is -0.121. The van der Waals surface area contributed by atoms with Crippen molar-refractivity contribution >= 4 is 46.0 Å². The first kappa shape index (κ1) is 32.2. The van der Waals surface area contributed by atoms with Gasteiger partial charge in [-0.25, -0.2) is 4.98 Å². The molecule has 1 aliphatic rings. The standard InChI is InChI=1S/C33H34ClN3O7S/c1-41-27-12-7-21(16-28(27)42-2)13-14-35-31(39)6-4-3-5-15-37-32(40)24-17-29-30(44-20-43-29)18-25(24)36-33(37)45-19-26(38)22-8-10-23(34)11-9-22/h7-12,16-18H,3-6,13-15,19-20H2,1-2H3,(H,35,39). The van der Waals surface area contributed by atoms with Gasteiger partial charge >= 0.3 is 0 Å². The number of nitrogens with zero attached hydrogens (tertiary/aromatic N) is 2. The van der Waals surface area contributed by atoms with Gasteiger partial charge in [0, 0.05) is 36.2 Å². The van der Waals surface area contributed by atoms with Crippen molar-refractivity contribution in [1.29, 1.82) is 0 Å². The zero-order valence-electron chi connectivity index (χ0n) is 25.1. The first-order chi connectivity index (χ1) is 21.9. The van der Waals surface area contributed by atoms with Gasteiger partial charge in [-0.05, 0) is 67.3 Å². The van der Waals surface area contributed by atoms with Crippen molar-refractivity contribution in [3.05, 3.63) is 81.1 Å². The lowest BCUT2D eigenvalue weighted by Gasteiger charge is -2.13. The Bertz CT molecular complexity index is 1740. The first-order valence-electron chi connectivity index (χ1n) is 14.6. The van der Waals surface area contributed by atoms with Gasteiger partial charge in [0.05, 0.1) is 30.9 Å². The maximum absolute atomic E-state index is 13.6. The summed E-state index contributed by atoms with van der Waals surface area (Å²) in [7, 11) is 3.19. The Hall–Kier alpha value is -4.22. The zero-order valence-corrected chi connectivity index (χ0v) is 26.7. The van der Waals surface area contributed by atoms with Gasteiger partial charge in [-0.15, -0.1) is 0 Å². The van der Waals surface area contributed by atoms with E-state index in [1.165, 1.54) is 11.8 Å². The number of ketones is 1. The number of aromatic nitrogens is 2. The number of methoxy groups -OCH3 is 2. The van der Waals surface area contributed by atoms with Gasteiger partial charge in [-0.3, -0.25) is 19.0 Å². The van der Waals surface area contributed by atoms with Crippen molar-refractivity contribution in [1.82, 2.24) is 14.9 Å². The van der Waals surface area contributed by atoms with Crippen LogP contribution in [0.3, 0.4) is 0 Å². The summed E-state index contributed by atoms with van der Waals surface area (Å²) in [5.74, 6) is 2.34. The molecule has 0 radical (unpaired) electrons. The minimum atomic E-state index is -0.215. The van der Waals surface area contributed by atoms with Crippen LogP contribution in [0.15, 0.2) is 64.5 Å². The van der Waals surface area contributed by atoms with Crippen molar-refractivity contribution in [2.24, 2.45) is 0 Å². The number of Topliss-reactive ketones (excluding diaryl/α,β-unsaturated/α-hetero) is 1. The lowest BCUT2D eigenvalue weighted by atomic mass is 10.1. The summed E-state index contributed by atoms with van der Waals surface area (Å²) < 4.78 is 23.2. The monoisotopic (exact) mass is 651 g/mol. The average Bonchev–Trinajstić information content (AvgIpc) is 3.51. The molecule has 0 spiro atoms. The lowest BCUT2D eigenvalue weighted by Crippen LogP contribution is -2.25. The predicted molar refractivity (Wildman–Crippen MR) is 173 cm³/mol. The van der Waals surface area contributed by atoms with Crippen LogP contribution in [0, 0.1) is 0 Å². The largest absolute Gasteiger partial charge is 0.493 e. The highest BCUT2D eigenvalue weighted by Crippen LogP contribution is 2.35. The predicted octanol–water partition coefficient (Wildman–Crippen LogP) is 5.69. The molecule has 1 aromatic heterocycles. The van der Waals surface area contributed by atoms with Crippen LogP contribution in [0.4, 0.5) is 0 Å². The van der Waals surface area contributed by atoms with Crippen molar-refractivity contribution < 1.29 is 28.5 Å². The molecule has 1 aliphatic heterocycles. The molecule has 1 amide bonds. The van der Waals surface area contributed by atoms with E-state index >= 15 is 0 Å². The topological polar surface area (TPSA) is 118 Å². The van der Waals surface area contributed by atoms with Gasteiger partial charge in [0.15, 0.2) is 33.9 Å². The molecule has 0 aliphatic carbocycles. The maximum Gasteiger partial charge on any atom is 0.262 e. The summed E-state index contributed by atoms with van der Waals surface area (Å²) in [5, 5.41) is 4.38. The fourth-order valence-electron chi connectivity index (χ4n) is 4.95. The molecule has 4 aromatic rings. The van der Waals surface area contributed by atoms with Crippen molar-refractivity contribution in [2.75, 3.05) is 33.3 Å². The Balaban J connectivity index is 1.17. The molecular weight excluding hydrogens is 618 g/mol. The summed E-state index contributed by atoms with van der Waals surface area (Å²) in [6.07, 6.45) is 3.13. The molecule has 45 heavy (non-hydrogen) atoms. The summed E-state index contributed by atoms with van der Waals surface area (Å²) in [4.78, 5) is 43.6. The average molecular weight is 652 g/mol. The van der Waals surface area contributed by atoms with Crippen LogP contribution in [-0.4, -0.2) is 54.6 Å². The van der Waals surface area contributed by atoms with Gasteiger partial charge in [-0.1, -0.05) is 35.9 Å². The molecule has 1 N–H and O–H groups in total. The number of amides is 1. The van der Waals surface area contributed by atoms with Gasteiger partial charge in [-0.2, -0.15) is 0 Å².